The van der Waals surface area contributed by atoms with E-state index in [1.807, 2.05) is 5.32 Å². The number of H-pyrrole nitrogens is 1. The Morgan fingerprint density at radius 2 is 0.914 bits per heavy atom. The quantitative estimate of drug-likeness (QED) is 0.0408. The number of amides is 5. The smallest absolute Gasteiger partial charge is 0.331 e. The van der Waals surface area contributed by atoms with E-state index in [1.165, 1.54) is 0 Å². The number of nitrogens with one attached hydrogen (secondary N) is 6. The molecule has 29 heteroatoms. The number of hydrogen-bond acceptors (Lipinski definition) is 15. The summed E-state index contributed by atoms with van der Waals surface area (Å²) in [7, 11) is 0. The zero-order valence-corrected chi connectivity index (χ0v) is 29.3. The molecular formula is C29H34FN7O21. The highest BCUT2D eigenvalue weighted by Crippen LogP contribution is 2.05. The number of ether oxygens (including phenoxy) is 1. The third-order valence-electron chi connectivity index (χ3n) is 6.95. The molecule has 0 aliphatic rings. The highest BCUT2D eigenvalue weighted by Gasteiger charge is 2.35. The zero-order valence-electron chi connectivity index (χ0n) is 29.3. The number of halogens is 1. The van der Waals surface area contributed by atoms with Gasteiger partial charge >= 0.3 is 47.5 Å². The molecule has 1 aromatic heterocycles. The number of carbonyl (C=O) groups excluding carboxylic acids is 6. The van der Waals surface area contributed by atoms with Gasteiger partial charge in [-0.05, 0) is 0 Å². The lowest BCUT2D eigenvalue weighted by Gasteiger charge is -2.25. The number of rotatable bonds is 25. The minimum absolute atomic E-state index is 0.418. The third-order valence-corrected chi connectivity index (χ3v) is 6.95. The van der Waals surface area contributed by atoms with Crippen molar-refractivity contribution < 1.29 is 97.3 Å². The Kier molecular flexibility index (Phi) is 18.8. The van der Waals surface area contributed by atoms with Gasteiger partial charge in [0.15, 0.2) is 6.73 Å². The van der Waals surface area contributed by atoms with Crippen molar-refractivity contribution >= 4 is 71.3 Å². The molecule has 5 amide bonds. The predicted octanol–water partition coefficient (Wildman–Crippen LogP) is -6.16. The number of hydrogen-bond donors (Lipinski definition) is 12. The predicted molar refractivity (Wildman–Crippen MR) is 175 cm³/mol. The largest absolute Gasteiger partial charge is 0.481 e. The van der Waals surface area contributed by atoms with Gasteiger partial charge in [-0.1, -0.05) is 0 Å². The van der Waals surface area contributed by atoms with Crippen molar-refractivity contribution in [2.75, 3.05) is 0 Å². The molecule has 0 radical (unpaired) electrons. The minimum Gasteiger partial charge on any atom is -0.481 e. The first-order valence-corrected chi connectivity index (χ1v) is 15.9. The van der Waals surface area contributed by atoms with Crippen LogP contribution in [0, 0.1) is 5.82 Å². The number of esters is 1. The van der Waals surface area contributed by atoms with Crippen LogP contribution in [0.2, 0.25) is 0 Å². The maximum absolute atomic E-state index is 13.4. The number of aromatic amines is 1. The van der Waals surface area contributed by atoms with Crippen molar-refractivity contribution in [3.63, 3.8) is 0 Å². The van der Waals surface area contributed by atoms with Crippen molar-refractivity contribution in [3.8, 4) is 0 Å². The van der Waals surface area contributed by atoms with E-state index in [-0.39, 0.29) is 0 Å². The Morgan fingerprint density at radius 1 is 0.569 bits per heavy atom. The highest BCUT2D eigenvalue weighted by atomic mass is 19.1. The second-order valence-corrected chi connectivity index (χ2v) is 11.5. The molecule has 5 atom stereocenters. The molecule has 0 bridgehead atoms. The monoisotopic (exact) mass is 835 g/mol. The number of aromatic nitrogens is 2. The molecule has 0 unspecified atom stereocenters. The summed E-state index contributed by atoms with van der Waals surface area (Å²) < 4.78 is 18.5. The van der Waals surface area contributed by atoms with Gasteiger partial charge in [-0.3, -0.25) is 67.1 Å². The van der Waals surface area contributed by atoms with Crippen LogP contribution < -0.4 is 37.8 Å². The molecule has 0 saturated carbocycles. The van der Waals surface area contributed by atoms with E-state index in [0.717, 1.165) is 0 Å². The van der Waals surface area contributed by atoms with Crippen LogP contribution in [0.4, 0.5) is 4.39 Å². The molecule has 0 aliphatic heterocycles. The van der Waals surface area contributed by atoms with Gasteiger partial charge in [-0.25, -0.2) is 9.59 Å². The molecule has 28 nitrogen and oxygen atoms in total. The summed E-state index contributed by atoms with van der Waals surface area (Å²) in [6.07, 6.45) is -7.63. The van der Waals surface area contributed by atoms with Crippen molar-refractivity contribution in [3.05, 3.63) is 32.9 Å². The van der Waals surface area contributed by atoms with E-state index < -0.39 is 170 Å². The summed E-state index contributed by atoms with van der Waals surface area (Å²) in [5.41, 5.74) is -2.51. The van der Waals surface area contributed by atoms with E-state index in [2.05, 4.69) is 4.74 Å². The van der Waals surface area contributed by atoms with E-state index in [0.29, 0.717) is 10.8 Å². The van der Waals surface area contributed by atoms with E-state index in [9.17, 15) is 91.9 Å². The molecule has 0 spiro atoms. The Morgan fingerprint density at radius 3 is 1.28 bits per heavy atom. The first-order valence-electron chi connectivity index (χ1n) is 15.9. The second-order valence-electron chi connectivity index (χ2n) is 11.5. The number of aliphatic carboxylic acids is 6. The third kappa shape index (κ3) is 17.6. The van der Waals surface area contributed by atoms with Crippen molar-refractivity contribution in [2.24, 2.45) is 0 Å². The number of carboxylic acids is 6. The Labute approximate surface area is 319 Å². The zero-order chi connectivity index (χ0) is 44.4. The average Bonchev–Trinajstić information content (AvgIpc) is 3.09. The van der Waals surface area contributed by atoms with Crippen LogP contribution in [-0.4, -0.2) is 142 Å². The second kappa shape index (κ2) is 22.6. The Bertz CT molecular complexity index is 1940. The maximum Gasteiger partial charge on any atom is 0.331 e. The van der Waals surface area contributed by atoms with Gasteiger partial charge in [-0.2, -0.15) is 4.39 Å². The molecule has 1 rings (SSSR count). The fourth-order valence-electron chi connectivity index (χ4n) is 4.27. The molecule has 0 aliphatic carbocycles. The average molecular weight is 836 g/mol. The van der Waals surface area contributed by atoms with Gasteiger partial charge in [0, 0.05) is 6.42 Å². The molecule has 0 saturated heterocycles. The van der Waals surface area contributed by atoms with Crippen molar-refractivity contribution in [2.45, 2.75) is 81.9 Å². The molecule has 58 heavy (non-hydrogen) atoms. The summed E-state index contributed by atoms with van der Waals surface area (Å²) in [6, 6.07) is -11.0. The van der Waals surface area contributed by atoms with Gasteiger partial charge < -0.3 is 62.0 Å². The van der Waals surface area contributed by atoms with Gasteiger partial charge in [0.25, 0.3) is 5.56 Å². The van der Waals surface area contributed by atoms with Gasteiger partial charge in [0.2, 0.25) is 35.4 Å². The molecule has 1 aromatic rings. The first-order chi connectivity index (χ1) is 26.9. The number of carbonyl (C=O) groups is 12. The van der Waals surface area contributed by atoms with Gasteiger partial charge in [-0.15, -0.1) is 0 Å². The minimum atomic E-state index is -2.30. The topological polar surface area (TPSA) is 450 Å². The normalized spacial score (nSPS) is 13.1. The molecular weight excluding hydrogens is 801 g/mol. The summed E-state index contributed by atoms with van der Waals surface area (Å²) in [5, 5.41) is 63.9. The molecule has 0 fully saturated rings. The van der Waals surface area contributed by atoms with E-state index >= 15 is 0 Å². The van der Waals surface area contributed by atoms with Crippen molar-refractivity contribution in [1.82, 2.24) is 36.1 Å². The Balaban J connectivity index is 3.14. The fourth-order valence-corrected chi connectivity index (χ4v) is 4.27. The summed E-state index contributed by atoms with van der Waals surface area (Å²) in [6.45, 7) is -0.918. The SMILES string of the molecule is O=C(O)C[C@H](NC(=O)[C@H](CC(=O)O)NC(=O)[C@H](CC(=O)O)NC(=O)[C@H](CC(=O)O)NC(=O)[C@H](CC(=O)O)NC(=O)CCC(=O)OCn1cc(F)c(=O)[nH]c1=O)C(=O)O. The summed E-state index contributed by atoms with van der Waals surface area (Å²) in [5.74, 6) is -21.0. The van der Waals surface area contributed by atoms with Crippen LogP contribution in [0.15, 0.2) is 15.8 Å². The van der Waals surface area contributed by atoms with Crippen molar-refractivity contribution in [1.29, 1.82) is 0 Å². The van der Waals surface area contributed by atoms with Crippen LogP contribution >= 0.6 is 0 Å². The van der Waals surface area contributed by atoms with Gasteiger partial charge in [0.05, 0.1) is 44.7 Å². The standard InChI is InChI=1S/C29H34FN7O21/c30-10-8-37(29(57)36-23(10)50)9-58-22(49)2-1-16(38)31-11(3-17(39)40)24(51)32-12(4-18(41)42)25(52)33-13(5-19(43)44)26(53)34-14(6-20(45)46)27(54)35-15(28(55)56)7-21(47)48/h8,11-15H,1-7,9H2,(H,31,38)(H,32,51)(H,33,52)(H,34,53)(H,35,54)(H,39,40)(H,41,42)(H,43,44)(H,45,46)(H,47,48)(H,55,56)(H,36,50,57)/t11-,12-,13-,14-,15-/m0/s1. The fraction of sp³-hybridized carbons (Fsp3) is 0.448. The maximum atomic E-state index is 13.4. The molecule has 318 valence electrons. The summed E-state index contributed by atoms with van der Waals surface area (Å²) >= 11 is 0. The van der Waals surface area contributed by atoms with Crippen LogP contribution in [0.3, 0.4) is 0 Å². The van der Waals surface area contributed by atoms with E-state index in [4.69, 9.17) is 10.2 Å². The lowest BCUT2D eigenvalue weighted by molar-refractivity contribution is -0.149. The Hall–Kier alpha value is -7.75. The van der Waals surface area contributed by atoms with Crippen LogP contribution in [0.25, 0.3) is 0 Å². The molecule has 0 aromatic carbocycles. The first kappa shape index (κ1) is 48.3. The number of nitrogens with zero attached hydrogens (tertiary/aromatic N) is 1. The molecule has 1 heterocycles. The van der Waals surface area contributed by atoms with E-state index in [1.54, 1.807) is 26.3 Å². The molecule has 12 N–H and O–H groups in total. The van der Waals surface area contributed by atoms with Crippen LogP contribution in [-0.2, 0) is 69.0 Å². The number of carboxylic acid groups (broad SMARTS) is 6. The lowest BCUT2D eigenvalue weighted by Crippen LogP contribution is -2.59. The lowest BCUT2D eigenvalue weighted by atomic mass is 10.1. The van der Waals surface area contributed by atoms with Gasteiger partial charge in [0.1, 0.15) is 30.2 Å². The highest BCUT2D eigenvalue weighted by molar-refractivity contribution is 5.99. The summed E-state index contributed by atoms with van der Waals surface area (Å²) in [4.78, 5) is 169. The van der Waals surface area contributed by atoms with Crippen LogP contribution in [0.5, 0.6) is 0 Å². The van der Waals surface area contributed by atoms with Crippen LogP contribution in [0.1, 0.15) is 44.9 Å².